The number of hydrogen-bond donors (Lipinski definition) is 1. The summed E-state index contributed by atoms with van der Waals surface area (Å²) in [5.74, 6) is 0.615. The summed E-state index contributed by atoms with van der Waals surface area (Å²) in [6, 6.07) is 7.75. The van der Waals surface area contributed by atoms with Crippen molar-refractivity contribution >= 4 is 0 Å². The predicted octanol–water partition coefficient (Wildman–Crippen LogP) is 2.08. The number of rotatable bonds is 7. The lowest BCUT2D eigenvalue weighted by Crippen LogP contribution is -2.26. The van der Waals surface area contributed by atoms with E-state index in [1.807, 2.05) is 32.0 Å². The maximum Gasteiger partial charge on any atom is 0.136 e. The van der Waals surface area contributed by atoms with Crippen molar-refractivity contribution in [1.82, 2.24) is 5.32 Å². The normalized spacial score (nSPS) is 11.9. The second-order valence-electron chi connectivity index (χ2n) is 4.04. The monoisotopic (exact) mass is 248 g/mol. The summed E-state index contributed by atoms with van der Waals surface area (Å²) in [4.78, 5) is 0. The molecule has 1 atom stereocenters. The molecule has 4 nitrogen and oxygen atoms in total. The van der Waals surface area contributed by atoms with Crippen LogP contribution in [0, 0.1) is 11.3 Å². The molecule has 0 amide bonds. The molecule has 0 aliphatic heterocycles. The minimum Gasteiger partial charge on any atom is -0.495 e. The van der Waals surface area contributed by atoms with Gasteiger partial charge in [-0.1, -0.05) is 6.07 Å². The van der Waals surface area contributed by atoms with Crippen LogP contribution < -0.4 is 10.1 Å². The van der Waals surface area contributed by atoms with Gasteiger partial charge in [0.2, 0.25) is 0 Å². The maximum atomic E-state index is 8.99. The third kappa shape index (κ3) is 4.36. The molecule has 0 bridgehead atoms. The van der Waals surface area contributed by atoms with Gasteiger partial charge in [0.1, 0.15) is 11.8 Å². The van der Waals surface area contributed by atoms with Gasteiger partial charge in [0.05, 0.1) is 18.8 Å². The molecule has 0 saturated carbocycles. The molecule has 1 N–H and O–H groups in total. The molecule has 0 fully saturated rings. The Morgan fingerprint density at radius 3 is 2.83 bits per heavy atom. The Balaban J connectivity index is 2.51. The van der Waals surface area contributed by atoms with Crippen LogP contribution in [0.3, 0.4) is 0 Å². The lowest BCUT2D eigenvalue weighted by molar-refractivity contribution is 0.0759. The number of benzene rings is 1. The summed E-state index contributed by atoms with van der Waals surface area (Å²) < 4.78 is 10.5. The van der Waals surface area contributed by atoms with Gasteiger partial charge in [-0.3, -0.25) is 0 Å². The predicted molar refractivity (Wildman–Crippen MR) is 70.5 cm³/mol. The standard InChI is InChI=1S/C14H20N2O2/c1-4-18-11(2)9-16-10-12-5-6-14(17-3)13(7-12)8-15/h5-7,11,16H,4,9-10H2,1-3H3. The van der Waals surface area contributed by atoms with Gasteiger partial charge in [-0.15, -0.1) is 0 Å². The van der Waals surface area contributed by atoms with E-state index < -0.39 is 0 Å². The van der Waals surface area contributed by atoms with Crippen LogP contribution >= 0.6 is 0 Å². The van der Waals surface area contributed by atoms with Crippen molar-refractivity contribution in [1.29, 1.82) is 5.26 Å². The fraction of sp³-hybridized carbons (Fsp3) is 0.500. The fourth-order valence-corrected chi connectivity index (χ4v) is 1.72. The molecule has 0 heterocycles. The molecular weight excluding hydrogens is 228 g/mol. The first-order valence-corrected chi connectivity index (χ1v) is 6.10. The molecule has 98 valence electrons. The molecule has 1 unspecified atom stereocenters. The fourth-order valence-electron chi connectivity index (χ4n) is 1.72. The van der Waals surface area contributed by atoms with Gasteiger partial charge in [-0.2, -0.15) is 5.26 Å². The highest BCUT2D eigenvalue weighted by molar-refractivity contribution is 5.45. The highest BCUT2D eigenvalue weighted by Crippen LogP contribution is 2.18. The molecule has 0 radical (unpaired) electrons. The van der Waals surface area contributed by atoms with Gasteiger partial charge >= 0.3 is 0 Å². The minimum atomic E-state index is 0.198. The Kier molecular flexibility index (Phi) is 6.20. The van der Waals surface area contributed by atoms with Crippen molar-refractivity contribution < 1.29 is 9.47 Å². The quantitative estimate of drug-likeness (QED) is 0.802. The van der Waals surface area contributed by atoms with Crippen LogP contribution in [0.15, 0.2) is 18.2 Å². The lowest BCUT2D eigenvalue weighted by Gasteiger charge is -2.13. The van der Waals surface area contributed by atoms with E-state index in [-0.39, 0.29) is 6.10 Å². The Morgan fingerprint density at radius 2 is 2.22 bits per heavy atom. The zero-order chi connectivity index (χ0) is 13.4. The van der Waals surface area contributed by atoms with E-state index in [2.05, 4.69) is 11.4 Å². The molecule has 1 aromatic carbocycles. The molecule has 18 heavy (non-hydrogen) atoms. The summed E-state index contributed by atoms with van der Waals surface area (Å²) in [7, 11) is 1.57. The third-order valence-electron chi connectivity index (χ3n) is 2.60. The van der Waals surface area contributed by atoms with E-state index >= 15 is 0 Å². The average Bonchev–Trinajstić information content (AvgIpc) is 2.38. The number of nitrogens with one attached hydrogen (secondary N) is 1. The molecule has 1 aromatic rings. The van der Waals surface area contributed by atoms with E-state index in [1.54, 1.807) is 7.11 Å². The Morgan fingerprint density at radius 1 is 1.44 bits per heavy atom. The smallest absolute Gasteiger partial charge is 0.136 e. The zero-order valence-electron chi connectivity index (χ0n) is 11.2. The zero-order valence-corrected chi connectivity index (χ0v) is 11.2. The van der Waals surface area contributed by atoms with Crippen LogP contribution in [0.5, 0.6) is 5.75 Å². The molecule has 4 heteroatoms. The topological polar surface area (TPSA) is 54.3 Å². The second-order valence-corrected chi connectivity index (χ2v) is 4.04. The Labute approximate surface area is 109 Å². The molecule has 0 aliphatic carbocycles. The highest BCUT2D eigenvalue weighted by Gasteiger charge is 2.04. The highest BCUT2D eigenvalue weighted by atomic mass is 16.5. The van der Waals surface area contributed by atoms with Crippen LogP contribution in [0.1, 0.15) is 25.0 Å². The summed E-state index contributed by atoms with van der Waals surface area (Å²) in [5.41, 5.74) is 1.63. The van der Waals surface area contributed by atoms with E-state index in [4.69, 9.17) is 14.7 Å². The minimum absolute atomic E-state index is 0.198. The summed E-state index contributed by atoms with van der Waals surface area (Å²) >= 11 is 0. The lowest BCUT2D eigenvalue weighted by atomic mass is 10.1. The molecule has 0 spiro atoms. The maximum absolute atomic E-state index is 8.99. The van der Waals surface area contributed by atoms with Gasteiger partial charge in [-0.25, -0.2) is 0 Å². The summed E-state index contributed by atoms with van der Waals surface area (Å²) in [5, 5.41) is 12.3. The van der Waals surface area contributed by atoms with Crippen LogP contribution in [-0.4, -0.2) is 26.4 Å². The molecule has 0 saturated heterocycles. The number of nitrogens with zero attached hydrogens (tertiary/aromatic N) is 1. The third-order valence-corrected chi connectivity index (χ3v) is 2.60. The average molecular weight is 248 g/mol. The molecule has 0 aromatic heterocycles. The molecule has 1 rings (SSSR count). The number of nitriles is 1. The Hall–Kier alpha value is -1.57. The van der Waals surface area contributed by atoms with Gasteiger partial charge in [0.15, 0.2) is 0 Å². The largest absolute Gasteiger partial charge is 0.495 e. The van der Waals surface area contributed by atoms with Crippen LogP contribution in [0.2, 0.25) is 0 Å². The van der Waals surface area contributed by atoms with E-state index in [0.717, 1.165) is 25.3 Å². The van der Waals surface area contributed by atoms with Gasteiger partial charge < -0.3 is 14.8 Å². The van der Waals surface area contributed by atoms with E-state index in [1.165, 1.54) is 0 Å². The summed E-state index contributed by atoms with van der Waals surface area (Å²) in [6.45, 7) is 6.26. The van der Waals surface area contributed by atoms with Crippen molar-refractivity contribution in [2.75, 3.05) is 20.3 Å². The van der Waals surface area contributed by atoms with Crippen LogP contribution in [-0.2, 0) is 11.3 Å². The molecular formula is C14H20N2O2. The van der Waals surface area contributed by atoms with Gasteiger partial charge in [0, 0.05) is 19.7 Å². The number of hydrogen-bond acceptors (Lipinski definition) is 4. The number of ether oxygens (including phenoxy) is 2. The van der Waals surface area contributed by atoms with Crippen LogP contribution in [0.4, 0.5) is 0 Å². The first-order valence-electron chi connectivity index (χ1n) is 6.10. The Bertz CT molecular complexity index is 413. The van der Waals surface area contributed by atoms with Crippen molar-refractivity contribution in [3.63, 3.8) is 0 Å². The van der Waals surface area contributed by atoms with Gasteiger partial charge in [-0.05, 0) is 31.5 Å². The van der Waals surface area contributed by atoms with Crippen molar-refractivity contribution in [2.45, 2.75) is 26.5 Å². The molecule has 0 aliphatic rings. The van der Waals surface area contributed by atoms with Crippen molar-refractivity contribution in [3.05, 3.63) is 29.3 Å². The SMILES string of the molecule is CCOC(C)CNCc1ccc(OC)c(C#N)c1. The van der Waals surface area contributed by atoms with Gasteiger partial charge in [0.25, 0.3) is 0 Å². The number of methoxy groups -OCH3 is 1. The van der Waals surface area contributed by atoms with E-state index in [0.29, 0.717) is 11.3 Å². The first-order chi connectivity index (χ1) is 8.71. The van der Waals surface area contributed by atoms with Crippen molar-refractivity contribution in [3.8, 4) is 11.8 Å². The first kappa shape index (κ1) is 14.5. The summed E-state index contributed by atoms with van der Waals surface area (Å²) in [6.07, 6.45) is 0.198. The second kappa shape index (κ2) is 7.70. The van der Waals surface area contributed by atoms with E-state index in [9.17, 15) is 0 Å². The van der Waals surface area contributed by atoms with Crippen LogP contribution in [0.25, 0.3) is 0 Å². The van der Waals surface area contributed by atoms with Crippen molar-refractivity contribution in [2.24, 2.45) is 0 Å².